The average molecular weight is 355 g/mol. The Kier molecular flexibility index (Phi) is 5.96. The quantitative estimate of drug-likeness (QED) is 0.865. The smallest absolute Gasteiger partial charge is 0.222 e. The van der Waals surface area contributed by atoms with Gasteiger partial charge in [0.15, 0.2) is 0 Å². The van der Waals surface area contributed by atoms with Crippen LogP contribution in [0.25, 0.3) is 10.9 Å². The van der Waals surface area contributed by atoms with Crippen LogP contribution < -0.4 is 0 Å². The van der Waals surface area contributed by atoms with E-state index in [0.717, 1.165) is 18.4 Å². The largest absolute Gasteiger partial charge is 0.361 e. The zero-order chi connectivity index (χ0) is 18.5. The first-order valence-electron chi connectivity index (χ1n) is 9.65. The van der Waals surface area contributed by atoms with E-state index in [4.69, 9.17) is 0 Å². The molecule has 5 heteroatoms. The number of amides is 2. The molecule has 0 radical (unpaired) electrons. The highest BCUT2D eigenvalue weighted by Crippen LogP contribution is 2.20. The van der Waals surface area contributed by atoms with E-state index >= 15 is 0 Å². The van der Waals surface area contributed by atoms with Gasteiger partial charge in [-0.3, -0.25) is 9.59 Å². The minimum absolute atomic E-state index is 0.209. The fourth-order valence-corrected chi connectivity index (χ4v) is 3.61. The second kappa shape index (κ2) is 8.39. The van der Waals surface area contributed by atoms with Gasteiger partial charge in [0.2, 0.25) is 11.8 Å². The predicted molar refractivity (Wildman–Crippen MR) is 104 cm³/mol. The van der Waals surface area contributed by atoms with Crippen LogP contribution in [-0.2, 0) is 16.0 Å². The number of aromatic nitrogens is 1. The summed E-state index contributed by atoms with van der Waals surface area (Å²) in [6, 6.07) is 8.27. The number of benzene rings is 1. The van der Waals surface area contributed by atoms with Crippen molar-refractivity contribution >= 4 is 22.7 Å². The second-order valence-electron chi connectivity index (χ2n) is 7.57. The lowest BCUT2D eigenvalue weighted by atomic mass is 10.1. The second-order valence-corrected chi connectivity index (χ2v) is 7.57. The summed E-state index contributed by atoms with van der Waals surface area (Å²) in [5, 5.41) is 1.25. The van der Waals surface area contributed by atoms with Crippen LogP contribution in [-0.4, -0.2) is 52.8 Å². The molecule has 1 aromatic heterocycles. The molecule has 0 unspecified atom stereocenters. The number of nitrogens with one attached hydrogen (secondary N) is 1. The molecule has 0 spiro atoms. The highest BCUT2D eigenvalue weighted by molar-refractivity contribution is 5.83. The van der Waals surface area contributed by atoms with E-state index < -0.39 is 0 Å². The van der Waals surface area contributed by atoms with E-state index in [1.54, 1.807) is 0 Å². The van der Waals surface area contributed by atoms with Gasteiger partial charge in [-0.2, -0.15) is 0 Å². The normalized spacial score (nSPS) is 15.0. The molecule has 1 N–H and O–H groups in total. The summed E-state index contributed by atoms with van der Waals surface area (Å²) in [6.07, 6.45) is 4.97. The molecular weight excluding hydrogens is 326 g/mol. The Morgan fingerprint density at radius 2 is 1.69 bits per heavy atom. The van der Waals surface area contributed by atoms with Gasteiger partial charge in [0.25, 0.3) is 0 Å². The molecule has 1 aliphatic heterocycles. The van der Waals surface area contributed by atoms with E-state index in [1.165, 1.54) is 10.9 Å². The van der Waals surface area contributed by atoms with Gasteiger partial charge in [-0.15, -0.1) is 0 Å². The summed E-state index contributed by atoms with van der Waals surface area (Å²) in [7, 11) is 0. The van der Waals surface area contributed by atoms with Gasteiger partial charge < -0.3 is 14.8 Å². The molecule has 2 amide bonds. The standard InChI is InChI=1S/C21H29N3O2/c1-16(2)14-21(26)24-12-10-23(11-13-24)20(25)9-5-6-17-15-22-19-8-4-3-7-18(17)19/h3-4,7-8,15-16,22H,5-6,9-14H2,1-2H3. The van der Waals surface area contributed by atoms with Crippen LogP contribution in [0.3, 0.4) is 0 Å². The predicted octanol–water partition coefficient (Wildman–Crippen LogP) is 3.21. The SMILES string of the molecule is CC(C)CC(=O)N1CCN(C(=O)CCCc2c[nH]c3ccccc23)CC1. The van der Waals surface area contributed by atoms with Crippen LogP contribution in [0.5, 0.6) is 0 Å². The molecule has 0 aliphatic carbocycles. The highest BCUT2D eigenvalue weighted by atomic mass is 16.2. The molecule has 2 heterocycles. The van der Waals surface area contributed by atoms with Crippen LogP contribution in [0.2, 0.25) is 0 Å². The molecular formula is C21H29N3O2. The highest BCUT2D eigenvalue weighted by Gasteiger charge is 2.24. The fourth-order valence-electron chi connectivity index (χ4n) is 3.61. The van der Waals surface area contributed by atoms with Crippen molar-refractivity contribution in [3.05, 3.63) is 36.0 Å². The molecule has 5 nitrogen and oxygen atoms in total. The van der Waals surface area contributed by atoms with Gasteiger partial charge in [-0.05, 0) is 30.4 Å². The van der Waals surface area contributed by atoms with Crippen LogP contribution in [0, 0.1) is 5.92 Å². The maximum atomic E-state index is 12.5. The first kappa shape index (κ1) is 18.5. The zero-order valence-electron chi connectivity index (χ0n) is 15.8. The molecule has 1 fully saturated rings. The molecule has 2 aromatic rings. The Hall–Kier alpha value is -2.30. The number of carbonyl (C=O) groups is 2. The maximum absolute atomic E-state index is 12.5. The first-order chi connectivity index (χ1) is 12.5. The topological polar surface area (TPSA) is 56.4 Å². The number of hydrogen-bond acceptors (Lipinski definition) is 2. The Labute approximate surface area is 155 Å². The Morgan fingerprint density at radius 1 is 1.04 bits per heavy atom. The van der Waals surface area contributed by atoms with Crippen molar-refractivity contribution in [2.24, 2.45) is 5.92 Å². The number of H-pyrrole nitrogens is 1. The number of hydrogen-bond donors (Lipinski definition) is 1. The molecule has 1 aliphatic rings. The third-order valence-electron chi connectivity index (χ3n) is 5.08. The summed E-state index contributed by atoms with van der Waals surface area (Å²) < 4.78 is 0. The number of carbonyl (C=O) groups excluding carboxylic acids is 2. The summed E-state index contributed by atoms with van der Waals surface area (Å²) in [4.78, 5) is 31.7. The molecule has 0 saturated carbocycles. The monoisotopic (exact) mass is 355 g/mol. The van der Waals surface area contributed by atoms with Crippen LogP contribution in [0.4, 0.5) is 0 Å². The van der Waals surface area contributed by atoms with Gasteiger partial charge in [0, 0.05) is 56.1 Å². The lowest BCUT2D eigenvalue weighted by Gasteiger charge is -2.35. The molecule has 3 rings (SSSR count). The summed E-state index contributed by atoms with van der Waals surface area (Å²) in [5.74, 6) is 0.805. The van der Waals surface area contributed by atoms with Gasteiger partial charge >= 0.3 is 0 Å². The van der Waals surface area contributed by atoms with Crippen LogP contribution in [0.15, 0.2) is 30.5 Å². The molecule has 0 bridgehead atoms. The summed E-state index contributed by atoms with van der Waals surface area (Å²) in [5.41, 5.74) is 2.42. The maximum Gasteiger partial charge on any atom is 0.222 e. The van der Waals surface area contributed by atoms with Crippen molar-refractivity contribution in [3.63, 3.8) is 0 Å². The van der Waals surface area contributed by atoms with Gasteiger partial charge in [-0.1, -0.05) is 32.0 Å². The Bertz CT molecular complexity index is 757. The van der Waals surface area contributed by atoms with E-state index in [2.05, 4.69) is 31.0 Å². The van der Waals surface area contributed by atoms with E-state index in [9.17, 15) is 9.59 Å². The van der Waals surface area contributed by atoms with Crippen molar-refractivity contribution in [2.75, 3.05) is 26.2 Å². The number of para-hydroxylation sites is 1. The van der Waals surface area contributed by atoms with E-state index in [1.807, 2.05) is 28.1 Å². The molecule has 26 heavy (non-hydrogen) atoms. The lowest BCUT2D eigenvalue weighted by molar-refractivity contribution is -0.140. The molecule has 1 aromatic carbocycles. The third-order valence-corrected chi connectivity index (χ3v) is 5.08. The molecule has 1 saturated heterocycles. The number of rotatable bonds is 6. The van der Waals surface area contributed by atoms with Crippen LogP contribution >= 0.6 is 0 Å². The number of piperazine rings is 1. The van der Waals surface area contributed by atoms with Crippen molar-refractivity contribution < 1.29 is 9.59 Å². The number of fused-ring (bicyclic) bond motifs is 1. The number of nitrogens with zero attached hydrogens (tertiary/aromatic N) is 2. The minimum atomic E-state index is 0.209. The van der Waals surface area contributed by atoms with Crippen molar-refractivity contribution in [1.82, 2.24) is 14.8 Å². The van der Waals surface area contributed by atoms with E-state index in [0.29, 0.717) is 44.9 Å². The minimum Gasteiger partial charge on any atom is -0.361 e. The Balaban J connectivity index is 1.43. The number of aromatic amines is 1. The summed E-state index contributed by atoms with van der Waals surface area (Å²) >= 11 is 0. The van der Waals surface area contributed by atoms with E-state index in [-0.39, 0.29) is 11.8 Å². The van der Waals surface area contributed by atoms with Crippen molar-refractivity contribution in [3.8, 4) is 0 Å². The zero-order valence-corrected chi connectivity index (χ0v) is 15.8. The lowest BCUT2D eigenvalue weighted by Crippen LogP contribution is -2.50. The first-order valence-corrected chi connectivity index (χ1v) is 9.65. The summed E-state index contributed by atoms with van der Waals surface area (Å²) in [6.45, 7) is 6.78. The van der Waals surface area contributed by atoms with Gasteiger partial charge in [0.05, 0.1) is 0 Å². The van der Waals surface area contributed by atoms with Gasteiger partial charge in [0.1, 0.15) is 0 Å². The molecule has 0 atom stereocenters. The average Bonchev–Trinajstić information content (AvgIpc) is 3.04. The van der Waals surface area contributed by atoms with Crippen molar-refractivity contribution in [1.29, 1.82) is 0 Å². The van der Waals surface area contributed by atoms with Crippen molar-refractivity contribution in [2.45, 2.75) is 39.5 Å². The van der Waals surface area contributed by atoms with Gasteiger partial charge in [-0.25, -0.2) is 0 Å². The third kappa shape index (κ3) is 4.45. The Morgan fingerprint density at radius 3 is 2.38 bits per heavy atom. The fraction of sp³-hybridized carbons (Fsp3) is 0.524. The van der Waals surface area contributed by atoms with Crippen LogP contribution in [0.1, 0.15) is 38.7 Å². The number of aryl methyl sites for hydroxylation is 1. The molecule has 140 valence electrons.